The van der Waals surface area contributed by atoms with Crippen molar-refractivity contribution in [1.29, 1.82) is 0 Å². The Morgan fingerprint density at radius 2 is 2.16 bits per heavy atom. The van der Waals surface area contributed by atoms with Gasteiger partial charge in [-0.15, -0.1) is 11.8 Å². The van der Waals surface area contributed by atoms with Gasteiger partial charge in [0.05, 0.1) is 11.6 Å². The van der Waals surface area contributed by atoms with Gasteiger partial charge in [-0.25, -0.2) is 0 Å². The van der Waals surface area contributed by atoms with Crippen LogP contribution in [-0.2, 0) is 22.4 Å². The third-order valence-corrected chi connectivity index (χ3v) is 4.49. The number of nitrogens with one attached hydrogen (secondary N) is 1. The molecule has 1 N–H and O–H groups in total. The quantitative estimate of drug-likeness (QED) is 0.913. The average Bonchev–Trinajstić information content (AvgIpc) is 2.98. The van der Waals surface area contributed by atoms with Crippen LogP contribution in [0.25, 0.3) is 0 Å². The summed E-state index contributed by atoms with van der Waals surface area (Å²) >= 11 is 1.55. The number of carbonyl (C=O) groups is 2. The summed E-state index contributed by atoms with van der Waals surface area (Å²) in [6.07, 6.45) is 3.44. The Kier molecular flexibility index (Phi) is 3.46. The van der Waals surface area contributed by atoms with Crippen LogP contribution < -0.4 is 5.32 Å². The van der Waals surface area contributed by atoms with E-state index in [0.29, 0.717) is 11.6 Å². The fraction of sp³-hybridized carbons (Fsp3) is 0.429. The zero-order valence-corrected chi connectivity index (χ0v) is 11.5. The van der Waals surface area contributed by atoms with Crippen molar-refractivity contribution < 1.29 is 9.59 Å². The SMILES string of the molecule is O=C(CN1CSCC1=O)Nc1ccc2c(c1)CCC2. The molecule has 2 aliphatic rings. The molecule has 1 aliphatic carbocycles. The van der Waals surface area contributed by atoms with Gasteiger partial charge in [0.15, 0.2) is 0 Å². The van der Waals surface area contributed by atoms with Crippen molar-refractivity contribution in [2.45, 2.75) is 19.3 Å². The minimum atomic E-state index is -0.117. The Labute approximate surface area is 116 Å². The molecule has 2 amide bonds. The number of rotatable bonds is 3. The van der Waals surface area contributed by atoms with Gasteiger partial charge in [-0.1, -0.05) is 6.07 Å². The molecule has 0 spiro atoms. The largest absolute Gasteiger partial charge is 0.325 e. The molecule has 100 valence electrons. The first-order chi connectivity index (χ1) is 9.22. The first-order valence-electron chi connectivity index (χ1n) is 6.49. The van der Waals surface area contributed by atoms with Gasteiger partial charge in [0.1, 0.15) is 6.54 Å². The molecule has 3 rings (SSSR count). The number of fused-ring (bicyclic) bond motifs is 1. The van der Waals surface area contributed by atoms with E-state index < -0.39 is 0 Å². The van der Waals surface area contributed by atoms with Crippen molar-refractivity contribution in [2.24, 2.45) is 0 Å². The second-order valence-corrected chi connectivity index (χ2v) is 5.91. The molecular weight excluding hydrogens is 260 g/mol. The fourth-order valence-electron chi connectivity index (χ4n) is 2.56. The molecule has 1 fully saturated rings. The monoisotopic (exact) mass is 276 g/mol. The second-order valence-electron chi connectivity index (χ2n) is 4.95. The van der Waals surface area contributed by atoms with Crippen LogP contribution in [0.4, 0.5) is 5.69 Å². The van der Waals surface area contributed by atoms with Crippen molar-refractivity contribution in [1.82, 2.24) is 4.90 Å². The summed E-state index contributed by atoms with van der Waals surface area (Å²) in [6.45, 7) is 0.156. The number of hydrogen-bond donors (Lipinski definition) is 1. The van der Waals surface area contributed by atoms with Gasteiger partial charge < -0.3 is 10.2 Å². The highest BCUT2D eigenvalue weighted by Gasteiger charge is 2.23. The van der Waals surface area contributed by atoms with Gasteiger partial charge in [0.25, 0.3) is 0 Å². The van der Waals surface area contributed by atoms with Crippen LogP contribution in [0.5, 0.6) is 0 Å². The normalized spacial score (nSPS) is 17.7. The number of benzene rings is 1. The molecular formula is C14H16N2O2S. The number of aryl methyl sites for hydroxylation is 2. The highest BCUT2D eigenvalue weighted by Crippen LogP contribution is 2.25. The van der Waals surface area contributed by atoms with Crippen LogP contribution in [0, 0.1) is 0 Å². The number of hydrogen-bond acceptors (Lipinski definition) is 3. The number of anilines is 1. The molecule has 1 aromatic carbocycles. The van der Waals surface area contributed by atoms with Crippen LogP contribution in [0.15, 0.2) is 18.2 Å². The molecule has 19 heavy (non-hydrogen) atoms. The van der Waals surface area contributed by atoms with Gasteiger partial charge in [-0.3, -0.25) is 9.59 Å². The second kappa shape index (κ2) is 5.25. The minimum Gasteiger partial charge on any atom is -0.325 e. The van der Waals surface area contributed by atoms with Crippen LogP contribution in [0.3, 0.4) is 0 Å². The van der Waals surface area contributed by atoms with E-state index in [1.165, 1.54) is 17.5 Å². The third kappa shape index (κ3) is 2.76. The molecule has 0 atom stereocenters. The Balaban J connectivity index is 1.61. The van der Waals surface area contributed by atoms with E-state index >= 15 is 0 Å². The lowest BCUT2D eigenvalue weighted by Crippen LogP contribution is -2.34. The Morgan fingerprint density at radius 3 is 2.95 bits per heavy atom. The first-order valence-corrected chi connectivity index (χ1v) is 7.65. The summed E-state index contributed by atoms with van der Waals surface area (Å²) in [7, 11) is 0. The van der Waals surface area contributed by atoms with E-state index in [0.717, 1.165) is 18.5 Å². The minimum absolute atomic E-state index is 0.0501. The molecule has 0 unspecified atom stereocenters. The number of nitrogens with zero attached hydrogens (tertiary/aromatic N) is 1. The maximum Gasteiger partial charge on any atom is 0.244 e. The standard InChI is InChI=1S/C14H16N2O2S/c17-13(7-16-9-19-8-14(16)18)15-12-5-4-10-2-1-3-11(10)6-12/h4-6H,1-3,7-9H2,(H,15,17). The van der Waals surface area contributed by atoms with Crippen molar-refractivity contribution in [3.8, 4) is 0 Å². The topological polar surface area (TPSA) is 49.4 Å². The lowest BCUT2D eigenvalue weighted by molar-refractivity contribution is -0.130. The molecule has 1 heterocycles. The zero-order chi connectivity index (χ0) is 13.2. The molecule has 1 saturated heterocycles. The summed E-state index contributed by atoms with van der Waals surface area (Å²) < 4.78 is 0. The number of carbonyl (C=O) groups excluding carboxylic acids is 2. The van der Waals surface area contributed by atoms with Crippen molar-refractivity contribution >= 4 is 29.3 Å². The van der Waals surface area contributed by atoms with Crippen molar-refractivity contribution in [2.75, 3.05) is 23.5 Å². The number of amides is 2. The maximum atomic E-state index is 11.9. The lowest BCUT2D eigenvalue weighted by atomic mass is 10.1. The highest BCUT2D eigenvalue weighted by atomic mass is 32.2. The predicted molar refractivity (Wildman–Crippen MR) is 76.1 cm³/mol. The van der Waals surface area contributed by atoms with Gasteiger partial charge in [0, 0.05) is 5.69 Å². The Morgan fingerprint density at radius 1 is 1.32 bits per heavy atom. The molecule has 1 aromatic rings. The summed E-state index contributed by atoms with van der Waals surface area (Å²) in [5.41, 5.74) is 3.57. The van der Waals surface area contributed by atoms with E-state index in [-0.39, 0.29) is 18.4 Å². The highest BCUT2D eigenvalue weighted by molar-refractivity contribution is 8.00. The van der Waals surface area contributed by atoms with E-state index in [1.807, 2.05) is 6.07 Å². The molecule has 5 heteroatoms. The summed E-state index contributed by atoms with van der Waals surface area (Å²) in [6, 6.07) is 6.10. The zero-order valence-electron chi connectivity index (χ0n) is 10.6. The van der Waals surface area contributed by atoms with Gasteiger partial charge in [-0.2, -0.15) is 0 Å². The van der Waals surface area contributed by atoms with Gasteiger partial charge in [-0.05, 0) is 42.5 Å². The van der Waals surface area contributed by atoms with E-state index in [4.69, 9.17) is 0 Å². The average molecular weight is 276 g/mol. The van der Waals surface area contributed by atoms with Gasteiger partial charge in [0.2, 0.25) is 11.8 Å². The predicted octanol–water partition coefficient (Wildman–Crippen LogP) is 1.65. The smallest absolute Gasteiger partial charge is 0.244 e. The molecule has 1 aliphatic heterocycles. The van der Waals surface area contributed by atoms with Crippen LogP contribution in [-0.4, -0.2) is 34.9 Å². The van der Waals surface area contributed by atoms with Crippen molar-refractivity contribution in [3.05, 3.63) is 29.3 Å². The summed E-state index contributed by atoms with van der Waals surface area (Å²) in [5, 5.41) is 2.88. The van der Waals surface area contributed by atoms with Crippen LogP contribution in [0.2, 0.25) is 0 Å². The molecule has 0 bridgehead atoms. The van der Waals surface area contributed by atoms with E-state index in [1.54, 1.807) is 16.7 Å². The van der Waals surface area contributed by atoms with Gasteiger partial charge >= 0.3 is 0 Å². The fourth-order valence-corrected chi connectivity index (χ4v) is 3.47. The summed E-state index contributed by atoms with van der Waals surface area (Å²) in [5.74, 6) is 1.05. The molecule has 0 radical (unpaired) electrons. The van der Waals surface area contributed by atoms with Crippen LogP contribution >= 0.6 is 11.8 Å². The van der Waals surface area contributed by atoms with Crippen molar-refractivity contribution in [3.63, 3.8) is 0 Å². The summed E-state index contributed by atoms with van der Waals surface area (Å²) in [4.78, 5) is 24.9. The Hall–Kier alpha value is -1.49. The molecule has 0 saturated carbocycles. The lowest BCUT2D eigenvalue weighted by Gasteiger charge is -2.14. The molecule has 0 aromatic heterocycles. The maximum absolute atomic E-state index is 11.9. The van der Waals surface area contributed by atoms with Crippen LogP contribution in [0.1, 0.15) is 17.5 Å². The first kappa shape index (κ1) is 12.5. The number of thioether (sulfide) groups is 1. The van der Waals surface area contributed by atoms with E-state index in [2.05, 4.69) is 17.4 Å². The van der Waals surface area contributed by atoms with E-state index in [9.17, 15) is 9.59 Å². The Bertz CT molecular complexity index is 530. The third-order valence-electron chi connectivity index (χ3n) is 3.54. The molecule has 4 nitrogen and oxygen atoms in total.